The van der Waals surface area contributed by atoms with Crippen molar-refractivity contribution in [1.82, 2.24) is 10.6 Å². The molecule has 1 fully saturated rings. The number of carbonyl (C=O) groups is 1. The van der Waals surface area contributed by atoms with Crippen molar-refractivity contribution in [3.63, 3.8) is 0 Å². The molecule has 1 atom stereocenters. The molecule has 1 aliphatic rings. The second-order valence-corrected chi connectivity index (χ2v) is 6.41. The lowest BCUT2D eigenvalue weighted by molar-refractivity contribution is 0.219. The van der Waals surface area contributed by atoms with Crippen molar-refractivity contribution in [3.05, 3.63) is 29.3 Å². The minimum atomic E-state index is -0.0805. The van der Waals surface area contributed by atoms with Crippen molar-refractivity contribution in [3.8, 4) is 5.75 Å². The van der Waals surface area contributed by atoms with Gasteiger partial charge in [0.25, 0.3) is 0 Å². The third kappa shape index (κ3) is 5.24. The van der Waals surface area contributed by atoms with E-state index < -0.39 is 0 Å². The van der Waals surface area contributed by atoms with Gasteiger partial charge in [-0.2, -0.15) is 0 Å². The Morgan fingerprint density at radius 3 is 2.64 bits per heavy atom. The van der Waals surface area contributed by atoms with E-state index >= 15 is 0 Å². The standard InChI is InChI=1S/C18H28N2O2/c1-13-9-10-17(11-14(13)2)22-12-15(3)19-18(21)20-16-7-5-4-6-8-16/h9-11,15-16H,4-8,12H2,1-3H3,(H2,19,20,21)/t15-/m1/s1. The smallest absolute Gasteiger partial charge is 0.315 e. The molecule has 1 aromatic rings. The fraction of sp³-hybridized carbons (Fsp3) is 0.611. The number of urea groups is 1. The molecular formula is C18H28N2O2. The third-order valence-corrected chi connectivity index (χ3v) is 4.30. The highest BCUT2D eigenvalue weighted by Crippen LogP contribution is 2.17. The van der Waals surface area contributed by atoms with Gasteiger partial charge in [-0.25, -0.2) is 4.79 Å². The van der Waals surface area contributed by atoms with Crippen LogP contribution in [0.5, 0.6) is 5.75 Å². The maximum absolute atomic E-state index is 12.0. The fourth-order valence-electron chi connectivity index (χ4n) is 2.76. The molecule has 0 spiro atoms. The van der Waals surface area contributed by atoms with Gasteiger partial charge in [-0.15, -0.1) is 0 Å². The second-order valence-electron chi connectivity index (χ2n) is 6.41. The van der Waals surface area contributed by atoms with Gasteiger partial charge in [-0.1, -0.05) is 25.3 Å². The van der Waals surface area contributed by atoms with Gasteiger partial charge < -0.3 is 15.4 Å². The van der Waals surface area contributed by atoms with Crippen LogP contribution in [-0.2, 0) is 0 Å². The van der Waals surface area contributed by atoms with Crippen LogP contribution in [0.3, 0.4) is 0 Å². The molecule has 0 radical (unpaired) electrons. The fourth-order valence-corrected chi connectivity index (χ4v) is 2.76. The number of hydrogen-bond acceptors (Lipinski definition) is 2. The topological polar surface area (TPSA) is 50.4 Å². The number of amides is 2. The number of benzene rings is 1. The molecule has 0 unspecified atom stereocenters. The van der Waals surface area contributed by atoms with Crippen LogP contribution < -0.4 is 15.4 Å². The number of aryl methyl sites for hydroxylation is 2. The number of hydrogen-bond donors (Lipinski definition) is 2. The summed E-state index contributed by atoms with van der Waals surface area (Å²) in [5.74, 6) is 0.851. The summed E-state index contributed by atoms with van der Waals surface area (Å²) >= 11 is 0. The van der Waals surface area contributed by atoms with Crippen molar-refractivity contribution < 1.29 is 9.53 Å². The van der Waals surface area contributed by atoms with Crippen LogP contribution in [0, 0.1) is 13.8 Å². The lowest BCUT2D eigenvalue weighted by atomic mass is 9.96. The van der Waals surface area contributed by atoms with Crippen LogP contribution in [-0.4, -0.2) is 24.7 Å². The molecule has 2 amide bonds. The molecule has 0 aromatic heterocycles. The summed E-state index contributed by atoms with van der Waals surface area (Å²) in [4.78, 5) is 12.0. The Bertz CT molecular complexity index is 496. The molecule has 0 saturated heterocycles. The molecule has 0 heterocycles. The zero-order valence-corrected chi connectivity index (χ0v) is 13.9. The van der Waals surface area contributed by atoms with Crippen molar-refractivity contribution in [2.45, 2.75) is 65.0 Å². The van der Waals surface area contributed by atoms with E-state index in [2.05, 4.69) is 30.5 Å². The molecule has 1 aromatic carbocycles. The average molecular weight is 304 g/mol. The number of rotatable bonds is 5. The Balaban J connectivity index is 1.71. The van der Waals surface area contributed by atoms with Crippen LogP contribution in [0.2, 0.25) is 0 Å². The molecule has 2 N–H and O–H groups in total. The monoisotopic (exact) mass is 304 g/mol. The summed E-state index contributed by atoms with van der Waals surface area (Å²) in [5.41, 5.74) is 2.47. The largest absolute Gasteiger partial charge is 0.491 e. The van der Waals surface area contributed by atoms with Crippen LogP contribution >= 0.6 is 0 Å². The zero-order chi connectivity index (χ0) is 15.9. The molecule has 22 heavy (non-hydrogen) atoms. The molecule has 1 aliphatic carbocycles. The van der Waals surface area contributed by atoms with Crippen LogP contribution in [0.25, 0.3) is 0 Å². The minimum absolute atomic E-state index is 0.0230. The van der Waals surface area contributed by atoms with Crippen molar-refractivity contribution in [1.29, 1.82) is 0 Å². The molecule has 2 rings (SSSR count). The van der Waals surface area contributed by atoms with Crippen LogP contribution in [0.15, 0.2) is 18.2 Å². The summed E-state index contributed by atoms with van der Waals surface area (Å²) in [7, 11) is 0. The number of ether oxygens (including phenoxy) is 1. The average Bonchev–Trinajstić information content (AvgIpc) is 2.49. The first kappa shape index (κ1) is 16.7. The van der Waals surface area contributed by atoms with Gasteiger partial charge in [0.2, 0.25) is 0 Å². The molecule has 1 saturated carbocycles. The lowest BCUT2D eigenvalue weighted by Crippen LogP contribution is -2.47. The Morgan fingerprint density at radius 2 is 1.95 bits per heavy atom. The summed E-state index contributed by atoms with van der Waals surface area (Å²) in [6.07, 6.45) is 5.93. The molecule has 122 valence electrons. The summed E-state index contributed by atoms with van der Waals surface area (Å²) in [5, 5.41) is 6.01. The normalized spacial score (nSPS) is 16.9. The predicted molar refractivity (Wildman–Crippen MR) is 89.4 cm³/mol. The van der Waals surface area contributed by atoms with Gasteiger partial charge in [0.15, 0.2) is 0 Å². The maximum Gasteiger partial charge on any atom is 0.315 e. The van der Waals surface area contributed by atoms with Crippen molar-refractivity contribution >= 4 is 6.03 Å². The van der Waals surface area contributed by atoms with E-state index in [1.165, 1.54) is 30.4 Å². The second kappa shape index (κ2) is 8.06. The summed E-state index contributed by atoms with van der Waals surface area (Å²) < 4.78 is 5.75. The van der Waals surface area contributed by atoms with Gasteiger partial charge in [-0.3, -0.25) is 0 Å². The Morgan fingerprint density at radius 1 is 1.23 bits per heavy atom. The zero-order valence-electron chi connectivity index (χ0n) is 13.9. The predicted octanol–water partition coefficient (Wildman–Crippen LogP) is 3.70. The molecular weight excluding hydrogens is 276 g/mol. The van der Waals surface area contributed by atoms with Gasteiger partial charge in [0, 0.05) is 6.04 Å². The quantitative estimate of drug-likeness (QED) is 0.871. The van der Waals surface area contributed by atoms with E-state index in [9.17, 15) is 4.79 Å². The van der Waals surface area contributed by atoms with Gasteiger partial charge in [-0.05, 0) is 56.9 Å². The molecule has 0 bridgehead atoms. The van der Waals surface area contributed by atoms with E-state index in [0.717, 1.165) is 18.6 Å². The van der Waals surface area contributed by atoms with Gasteiger partial charge in [0.1, 0.15) is 12.4 Å². The third-order valence-electron chi connectivity index (χ3n) is 4.30. The lowest BCUT2D eigenvalue weighted by Gasteiger charge is -2.24. The highest BCUT2D eigenvalue weighted by molar-refractivity contribution is 5.74. The first-order valence-corrected chi connectivity index (χ1v) is 8.31. The van der Waals surface area contributed by atoms with Crippen LogP contribution in [0.4, 0.5) is 4.79 Å². The Labute approximate surface area is 133 Å². The molecule has 0 aliphatic heterocycles. The van der Waals surface area contributed by atoms with Gasteiger partial charge in [0.05, 0.1) is 6.04 Å². The first-order valence-electron chi connectivity index (χ1n) is 8.31. The first-order chi connectivity index (χ1) is 10.5. The van der Waals surface area contributed by atoms with E-state index in [1.54, 1.807) is 0 Å². The molecule has 4 heteroatoms. The van der Waals surface area contributed by atoms with E-state index in [-0.39, 0.29) is 12.1 Å². The Kier molecular flexibility index (Phi) is 6.10. The summed E-state index contributed by atoms with van der Waals surface area (Å²) in [6, 6.07) is 6.29. The van der Waals surface area contributed by atoms with E-state index in [1.807, 2.05) is 19.1 Å². The SMILES string of the molecule is Cc1ccc(OC[C@@H](C)NC(=O)NC2CCCCC2)cc1C. The Hall–Kier alpha value is -1.71. The highest BCUT2D eigenvalue weighted by atomic mass is 16.5. The number of nitrogens with one attached hydrogen (secondary N) is 2. The maximum atomic E-state index is 12.0. The number of carbonyl (C=O) groups excluding carboxylic acids is 1. The minimum Gasteiger partial charge on any atom is -0.491 e. The molecule has 4 nitrogen and oxygen atoms in total. The van der Waals surface area contributed by atoms with E-state index in [4.69, 9.17) is 4.74 Å². The van der Waals surface area contributed by atoms with Crippen LogP contribution in [0.1, 0.15) is 50.2 Å². The van der Waals surface area contributed by atoms with Gasteiger partial charge >= 0.3 is 6.03 Å². The van der Waals surface area contributed by atoms with Crippen molar-refractivity contribution in [2.75, 3.05) is 6.61 Å². The van der Waals surface area contributed by atoms with E-state index in [0.29, 0.717) is 12.6 Å². The summed E-state index contributed by atoms with van der Waals surface area (Å²) in [6.45, 7) is 6.59. The highest BCUT2D eigenvalue weighted by Gasteiger charge is 2.16. The van der Waals surface area contributed by atoms with Crippen molar-refractivity contribution in [2.24, 2.45) is 0 Å².